The molecule has 2 heterocycles. The van der Waals surface area contributed by atoms with Crippen molar-refractivity contribution >= 4 is 12.0 Å². The third-order valence-electron chi connectivity index (χ3n) is 8.24. The third-order valence-corrected chi connectivity index (χ3v) is 8.24. The Morgan fingerprint density at radius 1 is 0.915 bits per heavy atom. The molecule has 0 aliphatic carbocycles. The number of likely N-dealkylation sites (tertiary alicyclic amines) is 1. The van der Waals surface area contributed by atoms with E-state index in [9.17, 15) is 9.59 Å². The fourth-order valence-corrected chi connectivity index (χ4v) is 5.72. The lowest BCUT2D eigenvalue weighted by Crippen LogP contribution is -2.47. The van der Waals surface area contributed by atoms with Crippen LogP contribution in [0.4, 0.5) is 13.6 Å². The maximum absolute atomic E-state index is 15.7. The molecule has 0 spiro atoms. The highest BCUT2D eigenvalue weighted by Crippen LogP contribution is 2.43. The zero-order valence-electron chi connectivity index (χ0n) is 27.4. The minimum Gasteiger partial charge on any atom is -0.497 e. The molecule has 254 valence electrons. The van der Waals surface area contributed by atoms with Gasteiger partial charge in [-0.1, -0.05) is 18.2 Å². The van der Waals surface area contributed by atoms with Crippen molar-refractivity contribution in [2.45, 2.75) is 50.5 Å². The van der Waals surface area contributed by atoms with E-state index in [2.05, 4.69) is 4.98 Å². The maximum Gasteiger partial charge on any atom is 0.409 e. The summed E-state index contributed by atoms with van der Waals surface area (Å²) in [6, 6.07) is 13.1. The number of rotatable bonds is 16. The Morgan fingerprint density at radius 2 is 1.60 bits per heavy atom. The SMILES string of the molecule is COc1cccc(CCCN(CCCc2cccnc2)C(=O)OCC2CCCN2C(=O)C(F)(F)c2cc(OC)c(OC)c(OC)c2)c1. The molecular weight excluding hydrogens is 612 g/mol. The number of benzene rings is 2. The Hall–Kier alpha value is -4.61. The summed E-state index contributed by atoms with van der Waals surface area (Å²) in [7, 11) is 5.61. The van der Waals surface area contributed by atoms with Crippen LogP contribution in [-0.4, -0.2) is 87.5 Å². The number of pyridine rings is 1. The van der Waals surface area contributed by atoms with Crippen LogP contribution in [0, 0.1) is 0 Å². The van der Waals surface area contributed by atoms with E-state index in [1.54, 1.807) is 24.4 Å². The number of nitrogens with zero attached hydrogens (tertiary/aromatic N) is 3. The monoisotopic (exact) mass is 655 g/mol. The first kappa shape index (κ1) is 35.2. The van der Waals surface area contributed by atoms with E-state index >= 15 is 8.78 Å². The smallest absolute Gasteiger partial charge is 0.409 e. The number of aromatic nitrogens is 1. The molecule has 3 aromatic rings. The first-order valence-corrected chi connectivity index (χ1v) is 15.6. The molecule has 47 heavy (non-hydrogen) atoms. The fraction of sp³-hybridized carbons (Fsp3) is 0.457. The standard InChI is InChI=1S/C35H43F2N3O7/c1-43-29-15-5-10-25(20-29)12-7-17-39(18-8-13-26-11-6-16-38-23-26)34(42)47-24-28-14-9-19-40(28)33(41)35(36,37)27-21-30(44-2)32(46-4)31(22-27)45-3/h5-6,10-11,15-16,20-23,28H,7-9,12-14,17-19,24H2,1-4H3. The summed E-state index contributed by atoms with van der Waals surface area (Å²) in [5.41, 5.74) is 1.56. The van der Waals surface area contributed by atoms with Crippen LogP contribution in [0.1, 0.15) is 42.4 Å². The third kappa shape index (κ3) is 9.02. The average molecular weight is 656 g/mol. The van der Waals surface area contributed by atoms with Gasteiger partial charge in [0.25, 0.3) is 5.91 Å². The van der Waals surface area contributed by atoms with Gasteiger partial charge in [0.05, 0.1) is 34.5 Å². The normalized spacial score (nSPS) is 14.4. The Morgan fingerprint density at radius 3 is 2.21 bits per heavy atom. The number of carbonyl (C=O) groups excluding carboxylic acids is 2. The van der Waals surface area contributed by atoms with E-state index in [0.29, 0.717) is 38.8 Å². The van der Waals surface area contributed by atoms with Crippen LogP contribution in [0.5, 0.6) is 23.0 Å². The van der Waals surface area contributed by atoms with Crippen molar-refractivity contribution in [2.24, 2.45) is 0 Å². The predicted molar refractivity (Wildman–Crippen MR) is 172 cm³/mol. The summed E-state index contributed by atoms with van der Waals surface area (Å²) in [5, 5.41) is 0. The number of hydrogen-bond acceptors (Lipinski definition) is 8. The van der Waals surface area contributed by atoms with Crippen LogP contribution in [0.15, 0.2) is 60.9 Å². The maximum atomic E-state index is 15.7. The molecule has 0 radical (unpaired) electrons. The lowest BCUT2D eigenvalue weighted by molar-refractivity contribution is -0.160. The van der Waals surface area contributed by atoms with E-state index < -0.39 is 29.5 Å². The van der Waals surface area contributed by atoms with Crippen molar-refractivity contribution in [1.29, 1.82) is 0 Å². The van der Waals surface area contributed by atoms with E-state index in [1.165, 1.54) is 21.3 Å². The van der Waals surface area contributed by atoms with Crippen LogP contribution in [0.2, 0.25) is 0 Å². The molecule has 10 nitrogen and oxygen atoms in total. The number of hydrogen-bond donors (Lipinski definition) is 0. The van der Waals surface area contributed by atoms with Crippen molar-refractivity contribution in [3.05, 3.63) is 77.6 Å². The minimum absolute atomic E-state index is 0.0104. The molecule has 1 atom stereocenters. The van der Waals surface area contributed by atoms with Gasteiger partial charge < -0.3 is 33.5 Å². The second-order valence-electron chi connectivity index (χ2n) is 11.3. The van der Waals surface area contributed by atoms with E-state index in [0.717, 1.165) is 46.8 Å². The van der Waals surface area contributed by atoms with Gasteiger partial charge in [-0.2, -0.15) is 8.78 Å². The highest BCUT2D eigenvalue weighted by atomic mass is 19.3. The second-order valence-corrected chi connectivity index (χ2v) is 11.3. The highest BCUT2D eigenvalue weighted by molar-refractivity contribution is 5.86. The van der Waals surface area contributed by atoms with Crippen molar-refractivity contribution in [3.8, 4) is 23.0 Å². The molecular formula is C35H43F2N3O7. The van der Waals surface area contributed by atoms with Gasteiger partial charge in [-0.15, -0.1) is 0 Å². The van der Waals surface area contributed by atoms with Crippen molar-refractivity contribution in [2.75, 3.05) is 54.7 Å². The molecule has 1 aromatic heterocycles. The molecule has 2 aromatic carbocycles. The molecule has 1 aliphatic heterocycles. The summed E-state index contributed by atoms with van der Waals surface area (Å²) < 4.78 is 58.1. The van der Waals surface area contributed by atoms with Gasteiger partial charge in [-0.25, -0.2) is 4.79 Å². The molecule has 4 rings (SSSR count). The Labute approximate surface area is 274 Å². The topological polar surface area (TPSA) is 99.7 Å². The van der Waals surface area contributed by atoms with Crippen LogP contribution >= 0.6 is 0 Å². The van der Waals surface area contributed by atoms with Gasteiger partial charge in [0.15, 0.2) is 11.5 Å². The number of ether oxygens (including phenoxy) is 5. The van der Waals surface area contributed by atoms with E-state index in [-0.39, 0.29) is 30.4 Å². The number of halogens is 2. The van der Waals surface area contributed by atoms with Crippen LogP contribution in [-0.2, 0) is 28.3 Å². The van der Waals surface area contributed by atoms with Crippen molar-refractivity contribution in [1.82, 2.24) is 14.8 Å². The average Bonchev–Trinajstić information content (AvgIpc) is 3.57. The van der Waals surface area contributed by atoms with E-state index in [1.807, 2.05) is 36.4 Å². The minimum atomic E-state index is -3.89. The molecule has 0 saturated carbocycles. The van der Waals surface area contributed by atoms with Gasteiger partial charge in [0.1, 0.15) is 12.4 Å². The summed E-state index contributed by atoms with van der Waals surface area (Å²) in [4.78, 5) is 33.6. The zero-order valence-corrected chi connectivity index (χ0v) is 27.4. The first-order chi connectivity index (χ1) is 22.7. The van der Waals surface area contributed by atoms with Gasteiger partial charge in [-0.05, 0) is 80.0 Å². The number of aryl methyl sites for hydroxylation is 2. The molecule has 0 bridgehead atoms. The van der Waals surface area contributed by atoms with Gasteiger partial charge in [-0.3, -0.25) is 9.78 Å². The quantitative estimate of drug-likeness (QED) is 0.188. The number of amides is 2. The van der Waals surface area contributed by atoms with Crippen molar-refractivity contribution < 1.29 is 42.1 Å². The number of carbonyl (C=O) groups is 2. The van der Waals surface area contributed by atoms with Crippen LogP contribution in [0.25, 0.3) is 0 Å². The number of alkyl halides is 2. The Bertz CT molecular complexity index is 1450. The van der Waals surface area contributed by atoms with Crippen LogP contribution in [0.3, 0.4) is 0 Å². The summed E-state index contributed by atoms with van der Waals surface area (Å²) in [6.07, 6.45) is 6.74. The van der Waals surface area contributed by atoms with E-state index in [4.69, 9.17) is 23.7 Å². The molecule has 1 aliphatic rings. The summed E-state index contributed by atoms with van der Waals surface area (Å²) in [6.45, 7) is 0.815. The summed E-state index contributed by atoms with van der Waals surface area (Å²) >= 11 is 0. The largest absolute Gasteiger partial charge is 0.497 e. The van der Waals surface area contributed by atoms with Crippen LogP contribution < -0.4 is 18.9 Å². The van der Waals surface area contributed by atoms with Crippen molar-refractivity contribution in [3.63, 3.8) is 0 Å². The van der Waals surface area contributed by atoms with Gasteiger partial charge in [0, 0.05) is 37.6 Å². The second kappa shape index (κ2) is 16.8. The van der Waals surface area contributed by atoms with Gasteiger partial charge >= 0.3 is 12.0 Å². The fourth-order valence-electron chi connectivity index (χ4n) is 5.72. The summed E-state index contributed by atoms with van der Waals surface area (Å²) in [5.74, 6) is -4.34. The Kier molecular flexibility index (Phi) is 12.6. The van der Waals surface area contributed by atoms with Gasteiger partial charge in [0.2, 0.25) is 5.75 Å². The molecule has 0 N–H and O–H groups in total. The first-order valence-electron chi connectivity index (χ1n) is 15.6. The predicted octanol–water partition coefficient (Wildman–Crippen LogP) is 5.90. The molecule has 1 fully saturated rings. The lowest BCUT2D eigenvalue weighted by Gasteiger charge is -2.30. The molecule has 2 amide bonds. The molecule has 1 unspecified atom stereocenters. The highest BCUT2D eigenvalue weighted by Gasteiger charge is 2.48. The molecule has 12 heteroatoms. The zero-order chi connectivity index (χ0) is 33.8. The molecule has 1 saturated heterocycles. The number of methoxy groups -OCH3 is 4. The lowest BCUT2D eigenvalue weighted by atomic mass is 10.0. The Balaban J connectivity index is 1.41.